The van der Waals surface area contributed by atoms with Gasteiger partial charge < -0.3 is 16.2 Å². The van der Waals surface area contributed by atoms with Gasteiger partial charge in [0.1, 0.15) is 5.75 Å². The summed E-state index contributed by atoms with van der Waals surface area (Å²) in [5.74, 6) is 0.898. The summed E-state index contributed by atoms with van der Waals surface area (Å²) in [6.07, 6.45) is 2.20. The van der Waals surface area contributed by atoms with Crippen LogP contribution in [-0.4, -0.2) is 6.61 Å². The lowest BCUT2D eigenvalue weighted by molar-refractivity contribution is 0.309. The van der Waals surface area contributed by atoms with Crippen molar-refractivity contribution >= 4 is 11.4 Å². The molecular weight excluding hydrogens is 308 g/mol. The number of unbranched alkanes of at least 4 members (excludes halogenated alkanes) is 1. The molecule has 3 aromatic rings. The van der Waals surface area contributed by atoms with Crippen LogP contribution in [0.5, 0.6) is 5.75 Å². The van der Waals surface area contributed by atoms with Gasteiger partial charge >= 0.3 is 0 Å². The fraction of sp³-hybridized carbons (Fsp3) is 0.182. The Morgan fingerprint density at radius 2 is 1.32 bits per heavy atom. The molecule has 0 atom stereocenters. The number of nitrogen functional groups attached to an aromatic ring is 2. The summed E-state index contributed by atoms with van der Waals surface area (Å²) in [5, 5.41) is 0. The van der Waals surface area contributed by atoms with Crippen LogP contribution in [0.1, 0.15) is 19.8 Å². The van der Waals surface area contributed by atoms with Crippen molar-refractivity contribution in [2.24, 2.45) is 0 Å². The molecule has 0 amide bonds. The first-order valence-electron chi connectivity index (χ1n) is 8.66. The normalized spacial score (nSPS) is 10.6. The molecule has 0 heterocycles. The second kappa shape index (κ2) is 7.75. The molecule has 0 bridgehead atoms. The largest absolute Gasteiger partial charge is 0.494 e. The predicted molar refractivity (Wildman–Crippen MR) is 107 cm³/mol. The Morgan fingerprint density at radius 1 is 0.720 bits per heavy atom. The molecule has 0 fully saturated rings. The molecule has 0 aromatic heterocycles. The van der Waals surface area contributed by atoms with E-state index in [4.69, 9.17) is 16.2 Å². The molecule has 0 spiro atoms. The Hall–Kier alpha value is -2.94. The average molecular weight is 332 g/mol. The topological polar surface area (TPSA) is 61.3 Å². The van der Waals surface area contributed by atoms with Crippen molar-refractivity contribution < 1.29 is 4.74 Å². The number of nitrogens with two attached hydrogens (primary N) is 2. The average Bonchev–Trinajstić information content (AvgIpc) is 2.63. The van der Waals surface area contributed by atoms with E-state index in [1.54, 1.807) is 0 Å². The van der Waals surface area contributed by atoms with Gasteiger partial charge in [-0.3, -0.25) is 0 Å². The highest BCUT2D eigenvalue weighted by molar-refractivity contribution is 5.86. The molecule has 25 heavy (non-hydrogen) atoms. The third-order valence-electron chi connectivity index (χ3n) is 4.20. The molecule has 128 valence electrons. The smallest absolute Gasteiger partial charge is 0.119 e. The van der Waals surface area contributed by atoms with E-state index in [1.165, 1.54) is 0 Å². The zero-order valence-corrected chi connectivity index (χ0v) is 14.5. The molecule has 4 N–H and O–H groups in total. The second-order valence-corrected chi connectivity index (χ2v) is 6.15. The van der Waals surface area contributed by atoms with E-state index in [0.29, 0.717) is 0 Å². The van der Waals surface area contributed by atoms with Crippen molar-refractivity contribution in [2.75, 3.05) is 18.1 Å². The number of hydrogen-bond donors (Lipinski definition) is 2. The third-order valence-corrected chi connectivity index (χ3v) is 4.20. The molecule has 3 nitrogen and oxygen atoms in total. The highest BCUT2D eigenvalue weighted by Crippen LogP contribution is 2.34. The maximum Gasteiger partial charge on any atom is 0.119 e. The molecule has 0 saturated carbocycles. The minimum absolute atomic E-state index is 0.748. The van der Waals surface area contributed by atoms with Crippen LogP contribution in [0.25, 0.3) is 22.3 Å². The lowest BCUT2D eigenvalue weighted by Gasteiger charge is -2.13. The minimum atomic E-state index is 0.748. The third kappa shape index (κ3) is 4.13. The summed E-state index contributed by atoms with van der Waals surface area (Å²) in [5.41, 5.74) is 17.8. The molecule has 3 aromatic carbocycles. The molecule has 3 heteroatoms. The molecule has 0 radical (unpaired) electrons. The van der Waals surface area contributed by atoms with E-state index >= 15 is 0 Å². The molecular formula is C22H24N2O. The predicted octanol–water partition coefficient (Wildman–Crippen LogP) is 5.36. The quantitative estimate of drug-likeness (QED) is 0.471. The first kappa shape index (κ1) is 16.9. The van der Waals surface area contributed by atoms with Crippen molar-refractivity contribution in [2.45, 2.75) is 19.8 Å². The molecule has 3 rings (SSSR count). The SMILES string of the molecule is CCCCOc1ccc(-c2cc(N)ccc2-c2ccc(N)cc2)cc1. The van der Waals surface area contributed by atoms with Crippen molar-refractivity contribution in [3.63, 3.8) is 0 Å². The summed E-state index contributed by atoms with van der Waals surface area (Å²) in [7, 11) is 0. The van der Waals surface area contributed by atoms with Crippen LogP contribution >= 0.6 is 0 Å². The van der Waals surface area contributed by atoms with Gasteiger partial charge in [0.2, 0.25) is 0 Å². The van der Waals surface area contributed by atoms with Crippen molar-refractivity contribution in [1.29, 1.82) is 0 Å². The van der Waals surface area contributed by atoms with Crippen LogP contribution in [0.4, 0.5) is 11.4 Å². The lowest BCUT2D eigenvalue weighted by atomic mass is 9.94. The Bertz CT molecular complexity index is 824. The van der Waals surface area contributed by atoms with Crippen LogP contribution in [-0.2, 0) is 0 Å². The molecule has 0 aliphatic heterocycles. The van der Waals surface area contributed by atoms with E-state index in [2.05, 4.69) is 25.1 Å². The van der Waals surface area contributed by atoms with Gasteiger partial charge in [-0.15, -0.1) is 0 Å². The minimum Gasteiger partial charge on any atom is -0.494 e. The molecule has 0 unspecified atom stereocenters. The van der Waals surface area contributed by atoms with E-state index in [1.807, 2.05) is 48.5 Å². The number of ether oxygens (including phenoxy) is 1. The fourth-order valence-corrected chi connectivity index (χ4v) is 2.78. The van der Waals surface area contributed by atoms with E-state index in [-0.39, 0.29) is 0 Å². The highest BCUT2D eigenvalue weighted by atomic mass is 16.5. The summed E-state index contributed by atoms with van der Waals surface area (Å²) in [4.78, 5) is 0. The zero-order valence-electron chi connectivity index (χ0n) is 14.5. The van der Waals surface area contributed by atoms with Gasteiger partial charge in [0.05, 0.1) is 6.61 Å². The fourth-order valence-electron chi connectivity index (χ4n) is 2.78. The highest BCUT2D eigenvalue weighted by Gasteiger charge is 2.08. The second-order valence-electron chi connectivity index (χ2n) is 6.15. The monoisotopic (exact) mass is 332 g/mol. The van der Waals surface area contributed by atoms with Gasteiger partial charge in [0, 0.05) is 11.4 Å². The van der Waals surface area contributed by atoms with Crippen molar-refractivity contribution in [1.82, 2.24) is 0 Å². The van der Waals surface area contributed by atoms with Gasteiger partial charge in [0.15, 0.2) is 0 Å². The van der Waals surface area contributed by atoms with Crippen LogP contribution in [0.3, 0.4) is 0 Å². The number of benzene rings is 3. The first-order chi connectivity index (χ1) is 12.2. The van der Waals surface area contributed by atoms with Gasteiger partial charge in [-0.2, -0.15) is 0 Å². The molecule has 0 saturated heterocycles. The van der Waals surface area contributed by atoms with E-state index < -0.39 is 0 Å². The maximum absolute atomic E-state index is 6.03. The maximum atomic E-state index is 6.03. The molecule has 0 aliphatic carbocycles. The first-order valence-corrected chi connectivity index (χ1v) is 8.66. The van der Waals surface area contributed by atoms with Gasteiger partial charge in [-0.05, 0) is 65.1 Å². The standard InChI is InChI=1S/C22H24N2O/c1-2-3-14-25-20-11-6-17(7-12-20)22-15-19(24)10-13-21(22)16-4-8-18(23)9-5-16/h4-13,15H,2-3,14,23-24H2,1H3. The Balaban J connectivity index is 1.93. The van der Waals surface area contributed by atoms with Gasteiger partial charge in [-0.1, -0.05) is 43.7 Å². The number of anilines is 2. The zero-order chi connectivity index (χ0) is 17.6. The van der Waals surface area contributed by atoms with Crippen LogP contribution < -0.4 is 16.2 Å². The van der Waals surface area contributed by atoms with Crippen molar-refractivity contribution in [3.05, 3.63) is 66.7 Å². The van der Waals surface area contributed by atoms with E-state index in [0.717, 1.165) is 58.8 Å². The Morgan fingerprint density at radius 3 is 2.00 bits per heavy atom. The van der Waals surface area contributed by atoms with Gasteiger partial charge in [0.25, 0.3) is 0 Å². The van der Waals surface area contributed by atoms with Crippen LogP contribution in [0.15, 0.2) is 66.7 Å². The summed E-state index contributed by atoms with van der Waals surface area (Å²) in [6, 6.07) is 22.1. The summed E-state index contributed by atoms with van der Waals surface area (Å²) in [6.45, 7) is 2.91. The van der Waals surface area contributed by atoms with Gasteiger partial charge in [-0.25, -0.2) is 0 Å². The Labute approximate surface area is 149 Å². The number of hydrogen-bond acceptors (Lipinski definition) is 3. The molecule has 0 aliphatic rings. The van der Waals surface area contributed by atoms with E-state index in [9.17, 15) is 0 Å². The summed E-state index contributed by atoms with van der Waals surface area (Å²) < 4.78 is 5.75. The van der Waals surface area contributed by atoms with Crippen LogP contribution in [0, 0.1) is 0 Å². The summed E-state index contributed by atoms with van der Waals surface area (Å²) >= 11 is 0. The number of rotatable bonds is 6. The lowest BCUT2D eigenvalue weighted by Crippen LogP contribution is -1.96. The van der Waals surface area contributed by atoms with Crippen LogP contribution in [0.2, 0.25) is 0 Å². The van der Waals surface area contributed by atoms with Crippen molar-refractivity contribution in [3.8, 4) is 28.0 Å². The Kier molecular flexibility index (Phi) is 5.24.